The standard InChI is InChI=1S/C19H21ClN2O5S/c1-12(19(24)27-13(2)17-6-4-5-7-18(17)20)22-28(25,26)16-10-8-15(9-11-16)21-14(3)23/h4-13,22H,1-3H3,(H,21,23)/t12-,13+/m1/s1. The lowest BCUT2D eigenvalue weighted by atomic mass is 10.1. The molecule has 2 aromatic carbocycles. The Hall–Kier alpha value is -2.42. The Morgan fingerprint density at radius 2 is 1.64 bits per heavy atom. The molecule has 7 nitrogen and oxygen atoms in total. The van der Waals surface area contributed by atoms with Gasteiger partial charge in [0.2, 0.25) is 15.9 Å². The van der Waals surface area contributed by atoms with Crippen LogP contribution in [0.2, 0.25) is 5.02 Å². The predicted octanol–water partition coefficient (Wildman–Crippen LogP) is 3.27. The topological polar surface area (TPSA) is 102 Å². The number of carbonyl (C=O) groups excluding carboxylic acids is 2. The summed E-state index contributed by atoms with van der Waals surface area (Å²) in [6.07, 6.45) is -0.634. The summed E-state index contributed by atoms with van der Waals surface area (Å²) < 4.78 is 32.5. The van der Waals surface area contributed by atoms with E-state index in [1.54, 1.807) is 31.2 Å². The molecule has 2 aromatic rings. The van der Waals surface area contributed by atoms with Crippen LogP contribution in [-0.2, 0) is 24.3 Å². The summed E-state index contributed by atoms with van der Waals surface area (Å²) in [5, 5.41) is 3.00. The van der Waals surface area contributed by atoms with Gasteiger partial charge < -0.3 is 10.1 Å². The second-order valence-corrected chi connectivity index (χ2v) is 8.27. The van der Waals surface area contributed by atoms with Crippen molar-refractivity contribution in [1.82, 2.24) is 4.72 Å². The van der Waals surface area contributed by atoms with E-state index in [1.807, 2.05) is 0 Å². The van der Waals surface area contributed by atoms with Gasteiger partial charge in [0.05, 0.1) is 4.90 Å². The van der Waals surface area contributed by atoms with E-state index >= 15 is 0 Å². The minimum atomic E-state index is -3.95. The third kappa shape index (κ3) is 5.79. The molecule has 2 atom stereocenters. The molecule has 0 heterocycles. The number of rotatable bonds is 7. The summed E-state index contributed by atoms with van der Waals surface area (Å²) >= 11 is 6.08. The number of hydrogen-bond acceptors (Lipinski definition) is 5. The fourth-order valence-electron chi connectivity index (χ4n) is 2.41. The van der Waals surface area contributed by atoms with Gasteiger partial charge in [0.1, 0.15) is 12.1 Å². The zero-order chi connectivity index (χ0) is 20.9. The largest absolute Gasteiger partial charge is 0.457 e. The SMILES string of the molecule is CC(=O)Nc1ccc(S(=O)(=O)N[C@H](C)C(=O)O[C@@H](C)c2ccccc2Cl)cc1. The Balaban J connectivity index is 2.03. The number of amides is 1. The van der Waals surface area contributed by atoms with Crippen LogP contribution in [0.5, 0.6) is 0 Å². The van der Waals surface area contributed by atoms with Crippen molar-refractivity contribution < 1.29 is 22.7 Å². The van der Waals surface area contributed by atoms with Gasteiger partial charge in [0.15, 0.2) is 0 Å². The average Bonchev–Trinajstić information content (AvgIpc) is 2.61. The van der Waals surface area contributed by atoms with Crippen molar-refractivity contribution in [2.24, 2.45) is 0 Å². The summed E-state index contributed by atoms with van der Waals surface area (Å²) in [7, 11) is -3.95. The van der Waals surface area contributed by atoms with Gasteiger partial charge in [-0.25, -0.2) is 8.42 Å². The molecule has 28 heavy (non-hydrogen) atoms. The van der Waals surface area contributed by atoms with Gasteiger partial charge in [-0.2, -0.15) is 4.72 Å². The first-order valence-electron chi connectivity index (χ1n) is 8.45. The lowest BCUT2D eigenvalue weighted by Crippen LogP contribution is -2.39. The smallest absolute Gasteiger partial charge is 0.324 e. The van der Waals surface area contributed by atoms with Gasteiger partial charge in [-0.15, -0.1) is 0 Å². The highest BCUT2D eigenvalue weighted by molar-refractivity contribution is 7.89. The lowest BCUT2D eigenvalue weighted by molar-refractivity contribution is -0.150. The van der Waals surface area contributed by atoms with Crippen LogP contribution in [-0.4, -0.2) is 26.3 Å². The quantitative estimate of drug-likeness (QED) is 0.664. The molecule has 0 aliphatic rings. The highest BCUT2D eigenvalue weighted by Gasteiger charge is 2.25. The summed E-state index contributed by atoms with van der Waals surface area (Å²) in [5.74, 6) is -0.997. The van der Waals surface area contributed by atoms with Crippen molar-refractivity contribution in [2.75, 3.05) is 5.32 Å². The van der Waals surface area contributed by atoms with Crippen molar-refractivity contribution >= 4 is 39.2 Å². The minimum absolute atomic E-state index is 0.0413. The molecule has 0 fully saturated rings. The van der Waals surface area contributed by atoms with E-state index in [0.717, 1.165) is 0 Å². The third-order valence-corrected chi connectivity index (χ3v) is 5.71. The Morgan fingerprint density at radius 3 is 2.21 bits per heavy atom. The van der Waals surface area contributed by atoms with Crippen LogP contribution in [0, 0.1) is 0 Å². The van der Waals surface area contributed by atoms with E-state index in [2.05, 4.69) is 10.0 Å². The molecule has 0 saturated carbocycles. The summed E-state index contributed by atoms with van der Waals surface area (Å²) in [4.78, 5) is 23.3. The van der Waals surface area contributed by atoms with E-state index in [1.165, 1.54) is 38.1 Å². The molecule has 0 spiro atoms. The van der Waals surface area contributed by atoms with Crippen molar-refractivity contribution in [2.45, 2.75) is 37.8 Å². The molecule has 0 aromatic heterocycles. The van der Waals surface area contributed by atoms with Crippen LogP contribution in [0.4, 0.5) is 5.69 Å². The highest BCUT2D eigenvalue weighted by atomic mass is 35.5. The summed E-state index contributed by atoms with van der Waals surface area (Å²) in [6, 6.07) is 11.4. The van der Waals surface area contributed by atoms with Gasteiger partial charge in [-0.05, 0) is 44.2 Å². The number of ether oxygens (including phenoxy) is 1. The van der Waals surface area contributed by atoms with Crippen LogP contribution >= 0.6 is 11.6 Å². The van der Waals surface area contributed by atoms with Gasteiger partial charge in [-0.3, -0.25) is 9.59 Å². The molecular formula is C19H21ClN2O5S. The van der Waals surface area contributed by atoms with Crippen molar-refractivity contribution in [3.8, 4) is 0 Å². The van der Waals surface area contributed by atoms with E-state index < -0.39 is 28.1 Å². The van der Waals surface area contributed by atoms with E-state index in [-0.39, 0.29) is 10.8 Å². The number of anilines is 1. The zero-order valence-electron chi connectivity index (χ0n) is 15.6. The van der Waals surface area contributed by atoms with Gasteiger partial charge in [0, 0.05) is 23.2 Å². The maximum atomic E-state index is 12.5. The van der Waals surface area contributed by atoms with E-state index in [4.69, 9.17) is 16.3 Å². The van der Waals surface area contributed by atoms with Crippen molar-refractivity contribution in [3.05, 3.63) is 59.1 Å². The molecule has 0 bridgehead atoms. The monoisotopic (exact) mass is 424 g/mol. The Morgan fingerprint density at radius 1 is 1.04 bits per heavy atom. The minimum Gasteiger partial charge on any atom is -0.457 e. The molecule has 2 N–H and O–H groups in total. The molecule has 2 rings (SSSR count). The molecule has 0 unspecified atom stereocenters. The number of sulfonamides is 1. The molecule has 0 radical (unpaired) electrons. The van der Waals surface area contributed by atoms with E-state index in [9.17, 15) is 18.0 Å². The number of benzene rings is 2. The van der Waals surface area contributed by atoms with Crippen LogP contribution in [0.15, 0.2) is 53.4 Å². The molecule has 0 aliphatic carbocycles. The molecular weight excluding hydrogens is 404 g/mol. The average molecular weight is 425 g/mol. The Kier molecular flexibility index (Phi) is 7.17. The fraction of sp³-hybridized carbons (Fsp3) is 0.263. The highest BCUT2D eigenvalue weighted by Crippen LogP contribution is 2.25. The van der Waals surface area contributed by atoms with Crippen molar-refractivity contribution in [1.29, 1.82) is 0 Å². The molecule has 1 amide bonds. The Bertz CT molecular complexity index is 961. The maximum absolute atomic E-state index is 12.5. The number of carbonyl (C=O) groups is 2. The fourth-order valence-corrected chi connectivity index (χ4v) is 3.90. The summed E-state index contributed by atoms with van der Waals surface area (Å²) in [6.45, 7) is 4.40. The van der Waals surface area contributed by atoms with Crippen molar-refractivity contribution in [3.63, 3.8) is 0 Å². The molecule has 150 valence electrons. The zero-order valence-corrected chi connectivity index (χ0v) is 17.2. The van der Waals surface area contributed by atoms with Gasteiger partial charge in [-0.1, -0.05) is 29.8 Å². The molecule has 9 heteroatoms. The van der Waals surface area contributed by atoms with Gasteiger partial charge in [0.25, 0.3) is 0 Å². The number of nitrogens with one attached hydrogen (secondary N) is 2. The van der Waals surface area contributed by atoms with Crippen LogP contribution in [0.1, 0.15) is 32.4 Å². The Labute approximate surface area is 169 Å². The maximum Gasteiger partial charge on any atom is 0.324 e. The lowest BCUT2D eigenvalue weighted by Gasteiger charge is -2.19. The van der Waals surface area contributed by atoms with E-state index in [0.29, 0.717) is 16.3 Å². The second-order valence-electron chi connectivity index (χ2n) is 6.15. The number of hydrogen-bond donors (Lipinski definition) is 2. The number of halogens is 1. The summed E-state index contributed by atoms with van der Waals surface area (Å²) in [5.41, 5.74) is 1.09. The first-order valence-corrected chi connectivity index (χ1v) is 10.3. The molecule has 0 saturated heterocycles. The van der Waals surface area contributed by atoms with Gasteiger partial charge >= 0.3 is 5.97 Å². The first-order chi connectivity index (χ1) is 13.1. The van der Waals surface area contributed by atoms with Crippen LogP contribution in [0.3, 0.4) is 0 Å². The third-order valence-electron chi connectivity index (χ3n) is 3.81. The van der Waals surface area contributed by atoms with Crippen LogP contribution < -0.4 is 10.0 Å². The first kappa shape index (κ1) is 21.9. The molecule has 0 aliphatic heterocycles. The van der Waals surface area contributed by atoms with Crippen LogP contribution in [0.25, 0.3) is 0 Å². The number of esters is 1. The second kappa shape index (κ2) is 9.18. The predicted molar refractivity (Wildman–Crippen MR) is 106 cm³/mol. The normalized spacial score (nSPS) is 13.4.